The summed E-state index contributed by atoms with van der Waals surface area (Å²) in [5.74, 6) is 0. The first-order chi connectivity index (χ1) is 6.08. The highest BCUT2D eigenvalue weighted by Crippen LogP contribution is 2.37. The van der Waals surface area contributed by atoms with E-state index in [9.17, 15) is 0 Å². The van der Waals surface area contributed by atoms with Crippen molar-refractivity contribution < 1.29 is 0 Å². The molecule has 0 aromatic rings. The van der Waals surface area contributed by atoms with Crippen LogP contribution in [0.4, 0.5) is 0 Å². The summed E-state index contributed by atoms with van der Waals surface area (Å²) in [6, 6.07) is 0. The minimum atomic E-state index is 0.276. The molecule has 0 radical (unpaired) electrons. The van der Waals surface area contributed by atoms with Crippen molar-refractivity contribution in [3.63, 3.8) is 0 Å². The van der Waals surface area contributed by atoms with E-state index in [1.54, 1.807) is 0 Å². The standard InChI is InChI=1S/C13H18/c1-5-6-9-12-11(2)8-7-10-13(12,3)4/h5-9H,1,10H2,2-4H3/b9-6+. The van der Waals surface area contributed by atoms with Crippen LogP contribution in [0, 0.1) is 5.41 Å². The second-order valence-corrected chi connectivity index (χ2v) is 4.18. The minimum absolute atomic E-state index is 0.276. The molecule has 0 atom stereocenters. The van der Waals surface area contributed by atoms with Crippen LogP contribution in [-0.4, -0.2) is 0 Å². The Morgan fingerprint density at radius 1 is 1.46 bits per heavy atom. The maximum Gasteiger partial charge on any atom is -0.00664 e. The van der Waals surface area contributed by atoms with Gasteiger partial charge in [-0.05, 0) is 29.9 Å². The molecular formula is C13H18. The Balaban J connectivity index is 3.04. The molecule has 0 heteroatoms. The molecule has 0 saturated carbocycles. The predicted molar refractivity (Wildman–Crippen MR) is 59.6 cm³/mol. The van der Waals surface area contributed by atoms with E-state index in [2.05, 4.69) is 45.6 Å². The van der Waals surface area contributed by atoms with Crippen molar-refractivity contribution in [2.45, 2.75) is 27.2 Å². The molecule has 0 fully saturated rings. The number of allylic oxidation sites excluding steroid dienone is 7. The first-order valence-electron chi connectivity index (χ1n) is 4.75. The zero-order valence-electron chi connectivity index (χ0n) is 8.80. The van der Waals surface area contributed by atoms with Crippen molar-refractivity contribution in [3.8, 4) is 0 Å². The van der Waals surface area contributed by atoms with Crippen LogP contribution < -0.4 is 0 Å². The highest BCUT2D eigenvalue weighted by molar-refractivity contribution is 5.40. The summed E-state index contributed by atoms with van der Waals surface area (Å²) < 4.78 is 0. The fourth-order valence-corrected chi connectivity index (χ4v) is 1.79. The Hall–Kier alpha value is -1.04. The van der Waals surface area contributed by atoms with Gasteiger partial charge in [-0.1, -0.05) is 50.8 Å². The van der Waals surface area contributed by atoms with Crippen molar-refractivity contribution >= 4 is 0 Å². The van der Waals surface area contributed by atoms with Gasteiger partial charge in [0.15, 0.2) is 0 Å². The molecule has 0 bridgehead atoms. The average Bonchev–Trinajstić information content (AvgIpc) is 2.02. The van der Waals surface area contributed by atoms with Crippen molar-refractivity contribution in [1.29, 1.82) is 0 Å². The van der Waals surface area contributed by atoms with Gasteiger partial charge in [-0.15, -0.1) is 0 Å². The van der Waals surface area contributed by atoms with Crippen LogP contribution in [0.5, 0.6) is 0 Å². The van der Waals surface area contributed by atoms with E-state index in [4.69, 9.17) is 0 Å². The Bertz CT molecular complexity index is 285. The summed E-state index contributed by atoms with van der Waals surface area (Å²) in [7, 11) is 0. The monoisotopic (exact) mass is 174 g/mol. The van der Waals surface area contributed by atoms with Crippen molar-refractivity contribution in [3.05, 3.63) is 48.1 Å². The highest BCUT2D eigenvalue weighted by Gasteiger charge is 2.23. The Morgan fingerprint density at radius 2 is 2.15 bits per heavy atom. The summed E-state index contributed by atoms with van der Waals surface area (Å²) in [5.41, 5.74) is 3.07. The number of rotatable bonds is 2. The Morgan fingerprint density at radius 3 is 2.69 bits per heavy atom. The van der Waals surface area contributed by atoms with E-state index in [-0.39, 0.29) is 5.41 Å². The van der Waals surface area contributed by atoms with Crippen molar-refractivity contribution in [2.24, 2.45) is 5.41 Å². The third kappa shape index (κ3) is 2.21. The van der Waals surface area contributed by atoms with Crippen LogP contribution in [0.15, 0.2) is 48.1 Å². The van der Waals surface area contributed by atoms with Crippen LogP contribution in [0.3, 0.4) is 0 Å². The molecule has 1 aliphatic carbocycles. The molecule has 1 aliphatic rings. The van der Waals surface area contributed by atoms with Gasteiger partial charge >= 0.3 is 0 Å². The molecule has 0 spiro atoms. The van der Waals surface area contributed by atoms with Crippen LogP contribution in [0.1, 0.15) is 27.2 Å². The largest absolute Gasteiger partial charge is 0.0991 e. The SMILES string of the molecule is C=C/C=C/C1=C(C)C=CCC1(C)C. The molecule has 13 heavy (non-hydrogen) atoms. The lowest BCUT2D eigenvalue weighted by Gasteiger charge is -2.29. The number of hydrogen-bond acceptors (Lipinski definition) is 0. The number of hydrogen-bond donors (Lipinski definition) is 0. The van der Waals surface area contributed by atoms with E-state index in [1.807, 2.05) is 12.2 Å². The Kier molecular flexibility index (Phi) is 2.92. The molecule has 0 saturated heterocycles. The van der Waals surface area contributed by atoms with E-state index < -0.39 is 0 Å². The van der Waals surface area contributed by atoms with E-state index >= 15 is 0 Å². The van der Waals surface area contributed by atoms with Gasteiger partial charge in [0.25, 0.3) is 0 Å². The third-order valence-electron chi connectivity index (χ3n) is 2.55. The van der Waals surface area contributed by atoms with E-state index in [0.717, 1.165) is 6.42 Å². The molecule has 0 unspecified atom stereocenters. The van der Waals surface area contributed by atoms with Gasteiger partial charge in [0.05, 0.1) is 0 Å². The topological polar surface area (TPSA) is 0 Å². The summed E-state index contributed by atoms with van der Waals surface area (Å²) >= 11 is 0. The lowest BCUT2D eigenvalue weighted by molar-refractivity contribution is 0.456. The quantitative estimate of drug-likeness (QED) is 0.554. The minimum Gasteiger partial charge on any atom is -0.0991 e. The lowest BCUT2D eigenvalue weighted by Crippen LogP contribution is -2.16. The van der Waals surface area contributed by atoms with Gasteiger partial charge in [-0.2, -0.15) is 0 Å². The molecule has 0 heterocycles. The van der Waals surface area contributed by atoms with Gasteiger partial charge in [0.2, 0.25) is 0 Å². The summed E-state index contributed by atoms with van der Waals surface area (Å²) in [4.78, 5) is 0. The fraction of sp³-hybridized carbons (Fsp3) is 0.385. The molecule has 0 amide bonds. The third-order valence-corrected chi connectivity index (χ3v) is 2.55. The first kappa shape index (κ1) is 10.0. The molecule has 0 aromatic heterocycles. The molecule has 0 nitrogen and oxygen atoms in total. The van der Waals surface area contributed by atoms with E-state index in [0.29, 0.717) is 0 Å². The summed E-state index contributed by atoms with van der Waals surface area (Å²) in [6.45, 7) is 10.4. The van der Waals surface area contributed by atoms with Crippen LogP contribution in [0.2, 0.25) is 0 Å². The molecule has 0 aromatic carbocycles. The zero-order valence-corrected chi connectivity index (χ0v) is 8.80. The maximum atomic E-state index is 3.69. The van der Waals surface area contributed by atoms with Crippen LogP contribution in [-0.2, 0) is 0 Å². The van der Waals surface area contributed by atoms with Gasteiger partial charge in [-0.25, -0.2) is 0 Å². The van der Waals surface area contributed by atoms with Crippen LogP contribution >= 0.6 is 0 Å². The van der Waals surface area contributed by atoms with Gasteiger partial charge in [-0.3, -0.25) is 0 Å². The van der Waals surface area contributed by atoms with Gasteiger partial charge < -0.3 is 0 Å². The molecule has 0 N–H and O–H groups in total. The smallest absolute Gasteiger partial charge is 0.00664 e. The van der Waals surface area contributed by atoms with Crippen LogP contribution in [0.25, 0.3) is 0 Å². The zero-order chi connectivity index (χ0) is 9.90. The molecule has 70 valence electrons. The highest BCUT2D eigenvalue weighted by atomic mass is 14.3. The van der Waals surface area contributed by atoms with Crippen molar-refractivity contribution in [2.75, 3.05) is 0 Å². The Labute approximate surface area is 81.4 Å². The normalized spacial score (nSPS) is 21.2. The first-order valence-corrected chi connectivity index (χ1v) is 4.75. The van der Waals surface area contributed by atoms with E-state index in [1.165, 1.54) is 11.1 Å². The summed E-state index contributed by atoms with van der Waals surface area (Å²) in [5, 5.41) is 0. The second kappa shape index (κ2) is 3.78. The van der Waals surface area contributed by atoms with Gasteiger partial charge in [0, 0.05) is 0 Å². The maximum absolute atomic E-state index is 3.69. The average molecular weight is 174 g/mol. The molecule has 0 aliphatic heterocycles. The fourth-order valence-electron chi connectivity index (χ4n) is 1.79. The summed E-state index contributed by atoms with van der Waals surface area (Å²) in [6.07, 6.45) is 11.6. The van der Waals surface area contributed by atoms with Gasteiger partial charge in [0.1, 0.15) is 0 Å². The lowest BCUT2D eigenvalue weighted by atomic mass is 9.75. The second-order valence-electron chi connectivity index (χ2n) is 4.18. The molecule has 1 rings (SSSR count). The van der Waals surface area contributed by atoms with Crippen molar-refractivity contribution in [1.82, 2.24) is 0 Å². The predicted octanol–water partition coefficient (Wildman–Crippen LogP) is 4.03. The molecular weight excluding hydrogens is 156 g/mol.